The van der Waals surface area contributed by atoms with E-state index in [4.69, 9.17) is 17.2 Å². The zero-order valence-electron chi connectivity index (χ0n) is 51.3. The highest BCUT2D eigenvalue weighted by Gasteiger charge is 2.45. The van der Waals surface area contributed by atoms with Gasteiger partial charge in [0.25, 0.3) is 0 Å². The second-order valence-corrected chi connectivity index (χ2v) is 24.9. The van der Waals surface area contributed by atoms with Crippen molar-refractivity contribution in [2.75, 3.05) is 38.2 Å². The number of rotatable bonds is 35. The standard InChI is InChI=1S/C57H94N14O15S/c1-8-32(6)46(56(84)71-27-12-16-41(71)57(85)86)68-53(81)40-15-10-25-69(40)54(82)37(19-22-44(60)74)65-52(80)39-14-11-26-70(39)55(83)45(31(4)5)67-50(78)35(18-21-43(59)73)63-48(76)34(17-20-42(58)72)62-49(77)36(23-28-87-7)64-51(79)38(29-30(2)3)66-47(75)33-13-9-24-61-33/h30-41,45-46,61H,8-29H2,1-7H3,(H2,58,72)(H2,59,73)(H2,60,74)(H,62,77)(H,63,76)(H,64,79)(H,65,80)(H,66,75)(H,67,78)(H,68,81)(H,85,86)/t32-,33-,34-,35-,36-,37-,38-,39-,40-,41-,45-,46-/m0/s1. The number of nitrogens with one attached hydrogen (secondary N) is 8. The maximum atomic E-state index is 14.6. The summed E-state index contributed by atoms with van der Waals surface area (Å²) in [6, 6.07) is -13.1. The van der Waals surface area contributed by atoms with Gasteiger partial charge in [-0.1, -0.05) is 48.0 Å². The van der Waals surface area contributed by atoms with Gasteiger partial charge < -0.3 is 79.5 Å². The summed E-state index contributed by atoms with van der Waals surface area (Å²) in [6.07, 6.45) is 3.38. The molecule has 0 aromatic heterocycles. The van der Waals surface area contributed by atoms with Crippen molar-refractivity contribution in [3.05, 3.63) is 0 Å². The average Bonchev–Trinajstić information content (AvgIpc) is 4.08. The van der Waals surface area contributed by atoms with Crippen molar-refractivity contribution in [1.29, 1.82) is 0 Å². The molecule has 15 N–H and O–H groups in total. The van der Waals surface area contributed by atoms with Gasteiger partial charge >= 0.3 is 5.97 Å². The number of aliphatic carboxylic acids is 1. The van der Waals surface area contributed by atoms with Crippen LogP contribution in [0.1, 0.15) is 151 Å². The predicted octanol–water partition coefficient (Wildman–Crippen LogP) is -2.51. The Morgan fingerprint density at radius 3 is 1.38 bits per heavy atom. The van der Waals surface area contributed by atoms with E-state index in [-0.39, 0.29) is 82.8 Å². The van der Waals surface area contributed by atoms with Crippen LogP contribution in [0.4, 0.5) is 0 Å². The van der Waals surface area contributed by atoms with E-state index in [2.05, 4.69) is 42.5 Å². The van der Waals surface area contributed by atoms with E-state index in [1.54, 1.807) is 27.0 Å². The predicted molar refractivity (Wildman–Crippen MR) is 318 cm³/mol. The van der Waals surface area contributed by atoms with E-state index in [0.717, 1.165) is 6.42 Å². The van der Waals surface area contributed by atoms with Crippen LogP contribution in [0.15, 0.2) is 0 Å². The lowest BCUT2D eigenvalue weighted by Gasteiger charge is -2.34. The van der Waals surface area contributed by atoms with Crippen LogP contribution in [0, 0.1) is 17.8 Å². The summed E-state index contributed by atoms with van der Waals surface area (Å²) in [5.41, 5.74) is 16.5. The number of primary amides is 3. The van der Waals surface area contributed by atoms with Gasteiger partial charge in [-0.15, -0.1) is 0 Å². The molecule has 0 radical (unpaired) electrons. The highest BCUT2D eigenvalue weighted by Crippen LogP contribution is 2.26. The summed E-state index contributed by atoms with van der Waals surface area (Å²) in [5, 5.41) is 31.6. The van der Waals surface area contributed by atoms with Crippen LogP contribution in [0.2, 0.25) is 0 Å². The molecule has 30 heteroatoms. The molecule has 4 aliphatic heterocycles. The van der Waals surface area contributed by atoms with E-state index >= 15 is 0 Å². The Morgan fingerprint density at radius 1 is 0.506 bits per heavy atom. The van der Waals surface area contributed by atoms with Crippen LogP contribution in [0.25, 0.3) is 0 Å². The molecule has 0 aromatic rings. The van der Waals surface area contributed by atoms with Crippen molar-refractivity contribution in [2.24, 2.45) is 35.0 Å². The Balaban J connectivity index is 1.52. The minimum Gasteiger partial charge on any atom is -0.480 e. The van der Waals surface area contributed by atoms with Crippen LogP contribution in [-0.4, -0.2) is 207 Å². The maximum absolute atomic E-state index is 14.6. The van der Waals surface area contributed by atoms with Crippen molar-refractivity contribution < 1.29 is 72.2 Å². The normalized spacial score (nSPS) is 21.1. The number of thioether (sulfide) groups is 1. The van der Waals surface area contributed by atoms with Gasteiger partial charge in [0.05, 0.1) is 6.04 Å². The molecule has 0 aromatic carbocycles. The summed E-state index contributed by atoms with van der Waals surface area (Å²) in [6.45, 7) is 11.5. The first-order valence-corrected chi connectivity index (χ1v) is 31.8. The molecule has 12 atom stereocenters. The van der Waals surface area contributed by atoms with E-state index in [1.807, 2.05) is 20.8 Å². The topological polar surface area (TPSA) is 443 Å². The molecule has 4 rings (SSSR count). The largest absolute Gasteiger partial charge is 0.480 e. The first-order chi connectivity index (χ1) is 41.1. The number of carboxylic acids is 1. The van der Waals surface area contributed by atoms with Crippen molar-refractivity contribution in [1.82, 2.24) is 57.2 Å². The summed E-state index contributed by atoms with van der Waals surface area (Å²) in [4.78, 5) is 193. The molecule has 4 heterocycles. The smallest absolute Gasteiger partial charge is 0.326 e. The van der Waals surface area contributed by atoms with Gasteiger partial charge in [-0.3, -0.25) is 62.3 Å². The highest BCUT2D eigenvalue weighted by atomic mass is 32.2. The maximum Gasteiger partial charge on any atom is 0.326 e. The molecule has 0 saturated carbocycles. The fraction of sp³-hybridized carbons (Fsp3) is 0.754. The molecule has 0 unspecified atom stereocenters. The summed E-state index contributed by atoms with van der Waals surface area (Å²) in [5.74, 6) is -11.6. The lowest BCUT2D eigenvalue weighted by atomic mass is 9.96. The van der Waals surface area contributed by atoms with Gasteiger partial charge in [0.2, 0.25) is 76.8 Å². The molecule has 29 nitrogen and oxygen atoms in total. The molecular weight excluding hydrogens is 1150 g/mol. The third kappa shape index (κ3) is 21.6. The van der Waals surface area contributed by atoms with Crippen molar-refractivity contribution in [3.8, 4) is 0 Å². The number of carboxylic acid groups (broad SMARTS) is 1. The lowest BCUT2D eigenvalue weighted by Crippen LogP contribution is -2.61. The summed E-state index contributed by atoms with van der Waals surface area (Å²) >= 11 is 1.38. The fourth-order valence-corrected chi connectivity index (χ4v) is 11.7. The second-order valence-electron chi connectivity index (χ2n) is 23.9. The molecule has 0 aliphatic carbocycles. The van der Waals surface area contributed by atoms with Crippen molar-refractivity contribution >= 4 is 94.5 Å². The van der Waals surface area contributed by atoms with E-state index in [9.17, 15) is 72.2 Å². The number of nitrogens with two attached hydrogens (primary N) is 3. The van der Waals surface area contributed by atoms with Gasteiger partial charge in [-0.2, -0.15) is 11.8 Å². The van der Waals surface area contributed by atoms with Gasteiger partial charge in [-0.25, -0.2) is 4.79 Å². The van der Waals surface area contributed by atoms with Gasteiger partial charge in [0, 0.05) is 38.9 Å². The summed E-state index contributed by atoms with van der Waals surface area (Å²) in [7, 11) is 0. The number of likely N-dealkylation sites (tertiary alicyclic amines) is 3. The van der Waals surface area contributed by atoms with Gasteiger partial charge in [0.15, 0.2) is 0 Å². The van der Waals surface area contributed by atoms with E-state index in [1.165, 1.54) is 26.5 Å². The number of hydrogen-bond acceptors (Lipinski definition) is 16. The molecule has 87 heavy (non-hydrogen) atoms. The number of hydrogen-bond donors (Lipinski definition) is 12. The number of nitrogens with zero attached hydrogens (tertiary/aromatic N) is 3. The quantitative estimate of drug-likeness (QED) is 0.0312. The molecule has 0 spiro atoms. The minimum absolute atomic E-state index is 0.0252. The molecular formula is C57H94N14O15S. The average molecular weight is 1250 g/mol. The third-order valence-electron chi connectivity index (χ3n) is 16.4. The molecule has 0 bridgehead atoms. The van der Waals surface area contributed by atoms with Gasteiger partial charge in [0.1, 0.15) is 60.4 Å². The number of carbonyl (C=O) groups excluding carboxylic acids is 13. The van der Waals surface area contributed by atoms with Crippen LogP contribution < -0.4 is 59.7 Å². The van der Waals surface area contributed by atoms with Crippen molar-refractivity contribution in [3.63, 3.8) is 0 Å². The van der Waals surface area contributed by atoms with Crippen molar-refractivity contribution in [2.45, 2.75) is 217 Å². The Morgan fingerprint density at radius 2 is 0.931 bits per heavy atom. The van der Waals surface area contributed by atoms with Gasteiger partial charge in [-0.05, 0) is 120 Å². The monoisotopic (exact) mass is 1250 g/mol. The van der Waals surface area contributed by atoms with Crippen LogP contribution in [-0.2, 0) is 67.1 Å². The summed E-state index contributed by atoms with van der Waals surface area (Å²) < 4.78 is 0. The Bertz CT molecular complexity index is 2500. The fourth-order valence-electron chi connectivity index (χ4n) is 11.3. The molecule has 4 aliphatic rings. The SMILES string of the molecule is CC[C@H](C)[C@H](NC(=O)[C@@H]1CCCN1C(=O)[C@H](CCC(N)=O)NC(=O)[C@@H]1CCCN1C(=O)[C@@H](NC(=O)[C@H](CCC(N)=O)NC(=O)[C@H](CCC(N)=O)NC(=O)[C@H](CCSC)NC(=O)[C@H](CC(C)C)NC(=O)[C@@H]1CCCN1)C(C)C)C(=O)N1CCC[C@H]1C(=O)O. The van der Waals surface area contributed by atoms with E-state index in [0.29, 0.717) is 44.4 Å². The molecule has 4 fully saturated rings. The first-order valence-electron chi connectivity index (χ1n) is 30.4. The number of amides is 13. The molecule has 13 amide bonds. The van der Waals surface area contributed by atoms with Crippen LogP contribution in [0.5, 0.6) is 0 Å². The van der Waals surface area contributed by atoms with Crippen LogP contribution in [0.3, 0.4) is 0 Å². The Hall–Kier alpha value is -7.11. The lowest BCUT2D eigenvalue weighted by molar-refractivity contribution is -0.150. The first kappa shape index (κ1) is 72.4. The third-order valence-corrected chi connectivity index (χ3v) is 17.0. The molecule has 488 valence electrons. The minimum atomic E-state index is -1.59. The highest BCUT2D eigenvalue weighted by molar-refractivity contribution is 7.98. The van der Waals surface area contributed by atoms with Crippen LogP contribution >= 0.6 is 11.8 Å². The van der Waals surface area contributed by atoms with E-state index < -0.39 is 174 Å². The second kappa shape index (κ2) is 35.0. The number of carbonyl (C=O) groups is 14. The molecule has 4 saturated heterocycles. The Labute approximate surface area is 512 Å². The zero-order valence-corrected chi connectivity index (χ0v) is 52.1. The Kier molecular flexibility index (Phi) is 29.1. The zero-order chi connectivity index (χ0) is 64.8.